The fraction of sp³-hybridized carbons (Fsp3) is 0.300. The predicted octanol–water partition coefficient (Wildman–Crippen LogP) is 3.78. The van der Waals surface area contributed by atoms with E-state index < -0.39 is 12.0 Å². The normalized spacial score (nSPS) is 14.7. The number of rotatable bonds is 11. The van der Waals surface area contributed by atoms with Crippen LogP contribution in [-0.2, 0) is 9.53 Å². The van der Waals surface area contributed by atoms with Crippen LogP contribution in [0, 0.1) is 0 Å². The van der Waals surface area contributed by atoms with E-state index in [0.29, 0.717) is 56.8 Å². The lowest BCUT2D eigenvalue weighted by molar-refractivity contribution is -0.139. The number of esters is 1. The number of fused-ring (bicyclic) bond motifs is 1. The number of carbonyl (C=O) groups excluding carboxylic acids is 1. The summed E-state index contributed by atoms with van der Waals surface area (Å²) in [7, 11) is 3.10. The number of para-hydroxylation sites is 1. The van der Waals surface area contributed by atoms with Gasteiger partial charge in [-0.05, 0) is 50.6 Å². The number of hydrogen-bond donors (Lipinski definition) is 0. The van der Waals surface area contributed by atoms with Crippen LogP contribution in [0.25, 0.3) is 6.08 Å². The van der Waals surface area contributed by atoms with Gasteiger partial charge in [0.25, 0.3) is 5.56 Å². The Morgan fingerprint density at radius 1 is 1.07 bits per heavy atom. The topological polar surface area (TPSA) is 97.6 Å². The molecule has 2 heterocycles. The first-order chi connectivity index (χ1) is 19.4. The lowest BCUT2D eigenvalue weighted by Crippen LogP contribution is -2.40. The van der Waals surface area contributed by atoms with Crippen LogP contribution in [0.15, 0.2) is 70.1 Å². The van der Waals surface area contributed by atoms with Crippen LogP contribution in [0.2, 0.25) is 0 Å². The van der Waals surface area contributed by atoms with Crippen LogP contribution >= 0.6 is 11.3 Å². The molecule has 0 bridgehead atoms. The van der Waals surface area contributed by atoms with Gasteiger partial charge in [-0.25, -0.2) is 9.79 Å². The first-order valence-electron chi connectivity index (χ1n) is 12.8. The van der Waals surface area contributed by atoms with Crippen LogP contribution < -0.4 is 33.8 Å². The van der Waals surface area contributed by atoms with E-state index in [9.17, 15) is 9.59 Å². The van der Waals surface area contributed by atoms with Crippen molar-refractivity contribution in [3.63, 3.8) is 0 Å². The van der Waals surface area contributed by atoms with Crippen LogP contribution in [0.4, 0.5) is 0 Å². The molecule has 4 rings (SSSR count). The zero-order chi connectivity index (χ0) is 28.8. The molecule has 1 aliphatic heterocycles. The highest BCUT2D eigenvalue weighted by molar-refractivity contribution is 7.07. The Labute approximate surface area is 236 Å². The van der Waals surface area contributed by atoms with Gasteiger partial charge < -0.3 is 23.7 Å². The Morgan fingerprint density at radius 3 is 2.52 bits per heavy atom. The molecule has 0 saturated heterocycles. The molecule has 0 unspecified atom stereocenters. The third kappa shape index (κ3) is 5.53. The molecular formula is C30H32N2O7S. The van der Waals surface area contributed by atoms with E-state index >= 15 is 0 Å². The SMILES string of the molecule is C=CCOc1ccc(/C=c2/sc3n(c2=O)[C@H](c2cccc(OC)c2OCC)C(C(=O)OCC)=C(C)N=3)cc1OC. The molecule has 1 atom stereocenters. The number of thiazole rings is 1. The molecule has 210 valence electrons. The number of ether oxygens (including phenoxy) is 5. The Hall–Kier alpha value is -4.31. The van der Waals surface area contributed by atoms with Crippen molar-refractivity contribution >= 4 is 23.4 Å². The molecule has 0 radical (unpaired) electrons. The summed E-state index contributed by atoms with van der Waals surface area (Å²) in [5.41, 5.74) is 1.76. The summed E-state index contributed by atoms with van der Waals surface area (Å²) in [4.78, 5) is 32.3. The second-order valence-electron chi connectivity index (χ2n) is 8.62. The molecule has 0 spiro atoms. The smallest absolute Gasteiger partial charge is 0.338 e. The zero-order valence-corrected chi connectivity index (χ0v) is 24.0. The molecular weight excluding hydrogens is 532 g/mol. The Balaban J connectivity index is 1.95. The minimum absolute atomic E-state index is 0.178. The maximum atomic E-state index is 14.0. The first kappa shape index (κ1) is 28.7. The third-order valence-electron chi connectivity index (χ3n) is 6.17. The fourth-order valence-corrected chi connectivity index (χ4v) is 5.53. The molecule has 1 aromatic heterocycles. The summed E-state index contributed by atoms with van der Waals surface area (Å²) < 4.78 is 30.0. The van der Waals surface area contributed by atoms with Crippen LogP contribution in [0.1, 0.15) is 37.9 Å². The van der Waals surface area contributed by atoms with Gasteiger partial charge in [0.1, 0.15) is 12.6 Å². The van der Waals surface area contributed by atoms with Crippen molar-refractivity contribution in [3.05, 3.63) is 91.1 Å². The van der Waals surface area contributed by atoms with E-state index in [1.807, 2.05) is 19.1 Å². The zero-order valence-electron chi connectivity index (χ0n) is 23.2. The van der Waals surface area contributed by atoms with E-state index in [2.05, 4.69) is 11.6 Å². The van der Waals surface area contributed by atoms with Gasteiger partial charge in [-0.15, -0.1) is 0 Å². The second kappa shape index (κ2) is 12.7. The maximum Gasteiger partial charge on any atom is 0.338 e. The van der Waals surface area contributed by atoms with Gasteiger partial charge in [0, 0.05) is 5.56 Å². The summed E-state index contributed by atoms with van der Waals surface area (Å²) in [6, 6.07) is 9.96. The van der Waals surface area contributed by atoms with Crippen molar-refractivity contribution in [3.8, 4) is 23.0 Å². The molecule has 40 heavy (non-hydrogen) atoms. The fourth-order valence-electron chi connectivity index (χ4n) is 4.49. The minimum atomic E-state index is -0.835. The number of carbonyl (C=O) groups is 1. The highest BCUT2D eigenvalue weighted by Gasteiger charge is 2.36. The largest absolute Gasteiger partial charge is 0.493 e. The molecule has 9 nitrogen and oxygen atoms in total. The molecule has 3 aromatic rings. The van der Waals surface area contributed by atoms with Crippen LogP contribution in [0.3, 0.4) is 0 Å². The summed E-state index contributed by atoms with van der Waals surface area (Å²) in [5.74, 6) is 1.48. The van der Waals surface area contributed by atoms with E-state index in [1.54, 1.807) is 64.5 Å². The quantitative estimate of drug-likeness (QED) is 0.258. The number of allylic oxidation sites excluding steroid dienone is 1. The minimum Gasteiger partial charge on any atom is -0.493 e. The third-order valence-corrected chi connectivity index (χ3v) is 7.15. The van der Waals surface area contributed by atoms with Gasteiger partial charge in [-0.1, -0.05) is 42.2 Å². The van der Waals surface area contributed by atoms with Gasteiger partial charge >= 0.3 is 5.97 Å². The lowest BCUT2D eigenvalue weighted by Gasteiger charge is -2.26. The number of hydrogen-bond acceptors (Lipinski definition) is 9. The molecule has 0 aliphatic carbocycles. The highest BCUT2D eigenvalue weighted by atomic mass is 32.1. The number of methoxy groups -OCH3 is 2. The predicted molar refractivity (Wildman–Crippen MR) is 153 cm³/mol. The first-order valence-corrected chi connectivity index (χ1v) is 13.6. The van der Waals surface area contributed by atoms with E-state index in [1.165, 1.54) is 15.9 Å². The van der Waals surface area contributed by atoms with E-state index in [0.717, 1.165) is 5.56 Å². The van der Waals surface area contributed by atoms with Crippen LogP contribution in [-0.4, -0.2) is 44.6 Å². The monoisotopic (exact) mass is 564 g/mol. The standard InChI is InChI=1S/C30H32N2O7S/c1-7-15-39-21-14-13-19(16-23(21)36-6)17-24-28(33)32-26(20-11-10-12-22(35-5)27(20)37-8-2)25(29(34)38-9-3)18(4)31-30(32)40-24/h7,10-14,16-17,26H,1,8-9,15H2,2-6H3/b24-17+/t26-/m1/s1. The Bertz CT molecular complexity index is 1630. The molecule has 10 heteroatoms. The Kier molecular flexibility index (Phi) is 9.11. The van der Waals surface area contributed by atoms with Gasteiger partial charge in [0.05, 0.1) is 43.2 Å². The number of benzene rings is 2. The van der Waals surface area contributed by atoms with Crippen molar-refractivity contribution in [1.29, 1.82) is 0 Å². The number of aromatic nitrogens is 1. The average Bonchev–Trinajstić information content (AvgIpc) is 3.25. The average molecular weight is 565 g/mol. The molecule has 0 N–H and O–H groups in total. The van der Waals surface area contributed by atoms with Crippen molar-refractivity contribution in [2.75, 3.05) is 34.0 Å². The second-order valence-corrected chi connectivity index (χ2v) is 9.63. The number of nitrogens with zero attached hydrogens (tertiary/aromatic N) is 2. The van der Waals surface area contributed by atoms with Crippen molar-refractivity contribution in [2.24, 2.45) is 4.99 Å². The van der Waals surface area contributed by atoms with E-state index in [-0.39, 0.29) is 17.7 Å². The highest BCUT2D eigenvalue weighted by Crippen LogP contribution is 2.40. The molecule has 0 saturated carbocycles. The molecule has 0 amide bonds. The van der Waals surface area contributed by atoms with Crippen LogP contribution in [0.5, 0.6) is 23.0 Å². The van der Waals surface area contributed by atoms with Crippen molar-refractivity contribution < 1.29 is 28.5 Å². The molecule has 2 aromatic carbocycles. The van der Waals surface area contributed by atoms with Gasteiger partial charge in [0.15, 0.2) is 27.8 Å². The van der Waals surface area contributed by atoms with E-state index in [4.69, 9.17) is 23.7 Å². The molecule has 0 fully saturated rings. The Morgan fingerprint density at radius 2 is 1.85 bits per heavy atom. The van der Waals surface area contributed by atoms with Gasteiger partial charge in [-0.3, -0.25) is 9.36 Å². The lowest BCUT2D eigenvalue weighted by atomic mass is 9.94. The summed E-state index contributed by atoms with van der Waals surface area (Å²) in [5, 5.41) is 0. The molecule has 1 aliphatic rings. The summed E-state index contributed by atoms with van der Waals surface area (Å²) in [6.07, 6.45) is 3.41. The summed E-state index contributed by atoms with van der Waals surface area (Å²) in [6.45, 7) is 9.88. The summed E-state index contributed by atoms with van der Waals surface area (Å²) >= 11 is 1.23. The maximum absolute atomic E-state index is 14.0. The van der Waals surface area contributed by atoms with Gasteiger partial charge in [0.2, 0.25) is 0 Å². The van der Waals surface area contributed by atoms with Crippen molar-refractivity contribution in [2.45, 2.75) is 26.8 Å². The van der Waals surface area contributed by atoms with Gasteiger partial charge in [-0.2, -0.15) is 0 Å². The van der Waals surface area contributed by atoms with Crippen molar-refractivity contribution in [1.82, 2.24) is 4.57 Å².